The van der Waals surface area contributed by atoms with Crippen LogP contribution in [0, 0.1) is 5.92 Å². The van der Waals surface area contributed by atoms with Crippen LogP contribution in [-0.2, 0) is 4.79 Å². The average molecular weight is 274 g/mol. The topological polar surface area (TPSA) is 77.8 Å². The zero-order valence-corrected chi connectivity index (χ0v) is 11.2. The van der Waals surface area contributed by atoms with Crippen LogP contribution in [0.5, 0.6) is 0 Å². The Morgan fingerprint density at radius 3 is 3.15 bits per heavy atom. The molecule has 2 aliphatic heterocycles. The molecular weight excluding hydrogens is 256 g/mol. The summed E-state index contributed by atoms with van der Waals surface area (Å²) in [6.07, 6.45) is 3.37. The molecule has 0 aromatic carbocycles. The van der Waals surface area contributed by atoms with E-state index in [9.17, 15) is 9.90 Å². The first kappa shape index (κ1) is 12.9. The molecule has 1 atom stereocenters. The molecule has 0 radical (unpaired) electrons. The maximum absolute atomic E-state index is 11.2. The van der Waals surface area contributed by atoms with Crippen molar-refractivity contribution in [2.75, 3.05) is 31.1 Å². The lowest BCUT2D eigenvalue weighted by Crippen LogP contribution is -2.40. The first-order valence-corrected chi connectivity index (χ1v) is 6.97. The Morgan fingerprint density at radius 2 is 2.40 bits per heavy atom. The Morgan fingerprint density at radius 1 is 1.50 bits per heavy atom. The van der Waals surface area contributed by atoms with Crippen LogP contribution in [0.25, 0.3) is 0 Å². The monoisotopic (exact) mass is 274 g/mol. The van der Waals surface area contributed by atoms with Gasteiger partial charge in [0.05, 0.1) is 18.0 Å². The number of hydrogen-bond donors (Lipinski definition) is 2. The zero-order valence-electron chi connectivity index (χ0n) is 11.2. The largest absolute Gasteiger partial charge is 0.481 e. The summed E-state index contributed by atoms with van der Waals surface area (Å²) >= 11 is 0. The van der Waals surface area contributed by atoms with Crippen LogP contribution < -0.4 is 10.2 Å². The number of hydrogen-bond acceptors (Lipinski definition) is 5. The van der Waals surface area contributed by atoms with Crippen molar-refractivity contribution in [3.63, 3.8) is 0 Å². The minimum absolute atomic E-state index is 0.308. The lowest BCUT2D eigenvalue weighted by molar-refractivity contribution is -0.141. The SMILES string of the molecule is O=C(O)C1CCCN(c2ncccc2C2=NCCN2)C1. The van der Waals surface area contributed by atoms with Crippen LogP contribution in [0.3, 0.4) is 0 Å². The summed E-state index contributed by atoms with van der Waals surface area (Å²) in [5.74, 6) is 0.678. The predicted molar refractivity (Wildman–Crippen MR) is 76.2 cm³/mol. The van der Waals surface area contributed by atoms with Gasteiger partial charge in [-0.05, 0) is 25.0 Å². The van der Waals surface area contributed by atoms with Crippen molar-refractivity contribution in [2.24, 2.45) is 10.9 Å². The molecule has 0 saturated carbocycles. The number of aliphatic carboxylic acids is 1. The van der Waals surface area contributed by atoms with Gasteiger partial charge in [-0.25, -0.2) is 4.98 Å². The number of carboxylic acids is 1. The molecule has 0 spiro atoms. The maximum Gasteiger partial charge on any atom is 0.308 e. The number of carbonyl (C=O) groups is 1. The Labute approximate surface area is 117 Å². The summed E-state index contributed by atoms with van der Waals surface area (Å²) in [7, 11) is 0. The van der Waals surface area contributed by atoms with Gasteiger partial charge < -0.3 is 15.3 Å². The number of nitrogens with one attached hydrogen (secondary N) is 1. The highest BCUT2D eigenvalue weighted by Gasteiger charge is 2.28. The normalized spacial score (nSPS) is 22.3. The van der Waals surface area contributed by atoms with Gasteiger partial charge in [0.15, 0.2) is 0 Å². The van der Waals surface area contributed by atoms with Gasteiger partial charge in [0.25, 0.3) is 0 Å². The van der Waals surface area contributed by atoms with Gasteiger partial charge in [0.1, 0.15) is 11.7 Å². The van der Waals surface area contributed by atoms with Crippen LogP contribution in [0.2, 0.25) is 0 Å². The summed E-state index contributed by atoms with van der Waals surface area (Å²) < 4.78 is 0. The first-order valence-electron chi connectivity index (χ1n) is 6.97. The molecule has 1 aromatic rings. The lowest BCUT2D eigenvalue weighted by atomic mass is 9.98. The second-order valence-corrected chi connectivity index (χ2v) is 5.16. The van der Waals surface area contributed by atoms with Gasteiger partial charge in [-0.2, -0.15) is 0 Å². The van der Waals surface area contributed by atoms with Crippen molar-refractivity contribution in [1.29, 1.82) is 0 Å². The van der Waals surface area contributed by atoms with E-state index in [2.05, 4.69) is 20.2 Å². The third kappa shape index (κ3) is 2.45. The van der Waals surface area contributed by atoms with Crippen molar-refractivity contribution in [3.05, 3.63) is 23.9 Å². The zero-order chi connectivity index (χ0) is 13.9. The molecule has 2 N–H and O–H groups in total. The molecule has 0 aliphatic carbocycles. The quantitative estimate of drug-likeness (QED) is 0.849. The summed E-state index contributed by atoms with van der Waals surface area (Å²) in [6, 6.07) is 3.88. The molecule has 6 nitrogen and oxygen atoms in total. The standard InChI is InChI=1S/C14H18N4O2/c19-14(20)10-3-2-8-18(9-10)13-11(4-1-5-17-13)12-15-6-7-16-12/h1,4-5,10H,2-3,6-9H2,(H,15,16)(H,19,20). The van der Waals surface area contributed by atoms with Gasteiger partial charge in [-0.3, -0.25) is 9.79 Å². The van der Waals surface area contributed by atoms with Gasteiger partial charge >= 0.3 is 5.97 Å². The van der Waals surface area contributed by atoms with Crippen LogP contribution in [0.4, 0.5) is 5.82 Å². The number of aliphatic imine (C=N–C) groups is 1. The molecule has 20 heavy (non-hydrogen) atoms. The fourth-order valence-electron chi connectivity index (χ4n) is 2.78. The van der Waals surface area contributed by atoms with Gasteiger partial charge in [0, 0.05) is 25.8 Å². The number of carboxylic acid groups (broad SMARTS) is 1. The summed E-state index contributed by atoms with van der Waals surface area (Å²) in [5.41, 5.74) is 0.969. The number of pyridine rings is 1. The van der Waals surface area contributed by atoms with Crippen molar-refractivity contribution in [1.82, 2.24) is 10.3 Å². The number of nitrogens with zero attached hydrogens (tertiary/aromatic N) is 3. The van der Waals surface area contributed by atoms with Crippen LogP contribution in [0.15, 0.2) is 23.3 Å². The molecule has 2 aliphatic rings. The second-order valence-electron chi connectivity index (χ2n) is 5.16. The molecule has 3 heterocycles. The van der Waals surface area contributed by atoms with E-state index in [1.165, 1.54) is 0 Å². The maximum atomic E-state index is 11.2. The highest BCUT2D eigenvalue weighted by Crippen LogP contribution is 2.25. The summed E-state index contributed by atoms with van der Waals surface area (Å²) in [6.45, 7) is 3.00. The number of amidine groups is 1. The van der Waals surface area contributed by atoms with E-state index in [4.69, 9.17) is 0 Å². The molecular formula is C14H18N4O2. The summed E-state index contributed by atoms with van der Waals surface area (Å²) in [4.78, 5) is 22.1. The van der Waals surface area contributed by atoms with Crippen molar-refractivity contribution >= 4 is 17.6 Å². The highest BCUT2D eigenvalue weighted by molar-refractivity contribution is 6.03. The average Bonchev–Trinajstić information content (AvgIpc) is 3.01. The highest BCUT2D eigenvalue weighted by atomic mass is 16.4. The van der Waals surface area contributed by atoms with E-state index >= 15 is 0 Å². The number of rotatable bonds is 3. The van der Waals surface area contributed by atoms with Crippen molar-refractivity contribution in [3.8, 4) is 0 Å². The van der Waals surface area contributed by atoms with Crippen LogP contribution in [0.1, 0.15) is 18.4 Å². The molecule has 3 rings (SSSR count). The Bertz CT molecular complexity index is 544. The minimum atomic E-state index is -0.719. The van der Waals surface area contributed by atoms with E-state index in [1.807, 2.05) is 12.1 Å². The minimum Gasteiger partial charge on any atom is -0.481 e. The molecule has 1 saturated heterocycles. The fourth-order valence-corrected chi connectivity index (χ4v) is 2.78. The van der Waals surface area contributed by atoms with E-state index in [1.54, 1.807) is 6.20 Å². The second kappa shape index (κ2) is 5.48. The van der Waals surface area contributed by atoms with E-state index in [-0.39, 0.29) is 5.92 Å². The molecule has 0 amide bonds. The van der Waals surface area contributed by atoms with Crippen molar-refractivity contribution < 1.29 is 9.90 Å². The molecule has 106 valence electrons. The van der Waals surface area contributed by atoms with Crippen molar-refractivity contribution in [2.45, 2.75) is 12.8 Å². The van der Waals surface area contributed by atoms with E-state index < -0.39 is 5.97 Å². The molecule has 1 unspecified atom stereocenters. The fraction of sp³-hybridized carbons (Fsp3) is 0.500. The number of piperidine rings is 1. The number of aromatic nitrogens is 1. The third-order valence-corrected chi connectivity index (χ3v) is 3.79. The van der Waals surface area contributed by atoms with Gasteiger partial charge in [-0.1, -0.05) is 0 Å². The molecule has 1 fully saturated rings. The van der Waals surface area contributed by atoms with Crippen LogP contribution in [-0.4, -0.2) is 48.1 Å². The van der Waals surface area contributed by atoms with Crippen LogP contribution >= 0.6 is 0 Å². The Hall–Kier alpha value is -2.11. The van der Waals surface area contributed by atoms with Gasteiger partial charge in [-0.15, -0.1) is 0 Å². The Kier molecular flexibility index (Phi) is 3.54. The molecule has 0 bridgehead atoms. The number of anilines is 1. The first-order chi connectivity index (χ1) is 9.75. The third-order valence-electron chi connectivity index (χ3n) is 3.79. The smallest absolute Gasteiger partial charge is 0.308 e. The van der Waals surface area contributed by atoms with E-state index in [0.29, 0.717) is 6.54 Å². The van der Waals surface area contributed by atoms with Gasteiger partial charge in [0.2, 0.25) is 0 Å². The molecule has 1 aromatic heterocycles. The van der Waals surface area contributed by atoms with E-state index in [0.717, 1.165) is 49.7 Å². The molecule has 6 heteroatoms. The Balaban J connectivity index is 1.88. The predicted octanol–water partition coefficient (Wildman–Crippen LogP) is 0.732. The lowest BCUT2D eigenvalue weighted by Gasteiger charge is -2.32. The summed E-state index contributed by atoms with van der Waals surface area (Å²) in [5, 5.41) is 12.5.